The molecule has 3 heteroatoms. The number of anilines is 3. The lowest BCUT2D eigenvalue weighted by Crippen LogP contribution is -2.15. The molecule has 0 saturated heterocycles. The quantitative estimate of drug-likeness (QED) is 0.175. The van der Waals surface area contributed by atoms with Crippen molar-refractivity contribution in [2.45, 2.75) is 19.3 Å². The van der Waals surface area contributed by atoms with E-state index in [0.29, 0.717) is 5.89 Å². The second-order valence-electron chi connectivity index (χ2n) is 14.4. The number of rotatable bonds is 6. The third kappa shape index (κ3) is 5.16. The van der Waals surface area contributed by atoms with Crippen molar-refractivity contribution in [1.82, 2.24) is 4.98 Å². The minimum atomic E-state index is -0.0526. The molecular weight excluding hydrogens is 645 g/mol. The Balaban J connectivity index is 1.09. The van der Waals surface area contributed by atoms with Gasteiger partial charge in [0.1, 0.15) is 5.52 Å². The van der Waals surface area contributed by atoms with E-state index in [1.54, 1.807) is 0 Å². The molecule has 1 aromatic heterocycles. The molecule has 1 heterocycles. The number of hydrogen-bond acceptors (Lipinski definition) is 3. The summed E-state index contributed by atoms with van der Waals surface area (Å²) in [5.41, 5.74) is 15.9. The van der Waals surface area contributed by atoms with Crippen molar-refractivity contribution >= 4 is 38.9 Å². The molecular formula is C50H36N2O. The second-order valence-corrected chi connectivity index (χ2v) is 14.4. The third-order valence-electron chi connectivity index (χ3n) is 10.9. The van der Waals surface area contributed by atoms with Gasteiger partial charge in [-0.25, -0.2) is 4.98 Å². The van der Waals surface area contributed by atoms with Crippen LogP contribution in [0.25, 0.3) is 66.7 Å². The Morgan fingerprint density at radius 1 is 0.434 bits per heavy atom. The van der Waals surface area contributed by atoms with Crippen molar-refractivity contribution in [3.63, 3.8) is 0 Å². The molecule has 0 fully saturated rings. The molecule has 0 radical (unpaired) electrons. The van der Waals surface area contributed by atoms with Crippen LogP contribution in [-0.4, -0.2) is 4.98 Å². The minimum Gasteiger partial charge on any atom is -0.435 e. The Hall–Kier alpha value is -6.71. The normalized spacial score (nSPS) is 12.9. The zero-order chi connectivity index (χ0) is 35.5. The van der Waals surface area contributed by atoms with Crippen molar-refractivity contribution in [3.8, 4) is 44.8 Å². The van der Waals surface area contributed by atoms with Gasteiger partial charge in [-0.2, -0.15) is 0 Å². The minimum absolute atomic E-state index is 0.0526. The van der Waals surface area contributed by atoms with Gasteiger partial charge in [0.2, 0.25) is 5.89 Å². The van der Waals surface area contributed by atoms with E-state index in [9.17, 15) is 0 Å². The van der Waals surface area contributed by atoms with Gasteiger partial charge in [0.15, 0.2) is 5.58 Å². The van der Waals surface area contributed by atoms with Crippen LogP contribution < -0.4 is 4.90 Å². The number of fused-ring (bicyclic) bond motifs is 6. The lowest BCUT2D eigenvalue weighted by atomic mass is 9.82. The molecule has 10 rings (SSSR count). The number of aromatic nitrogens is 1. The lowest BCUT2D eigenvalue weighted by molar-refractivity contribution is 0.623. The highest BCUT2D eigenvalue weighted by atomic mass is 16.3. The third-order valence-corrected chi connectivity index (χ3v) is 10.9. The van der Waals surface area contributed by atoms with Crippen molar-refractivity contribution in [2.75, 3.05) is 4.90 Å². The van der Waals surface area contributed by atoms with Gasteiger partial charge in [-0.15, -0.1) is 0 Å². The van der Waals surface area contributed by atoms with Crippen molar-refractivity contribution in [3.05, 3.63) is 193 Å². The maximum Gasteiger partial charge on any atom is 0.227 e. The van der Waals surface area contributed by atoms with Crippen LogP contribution in [0.1, 0.15) is 25.0 Å². The van der Waals surface area contributed by atoms with E-state index in [-0.39, 0.29) is 5.41 Å². The van der Waals surface area contributed by atoms with Gasteiger partial charge in [-0.1, -0.05) is 141 Å². The molecule has 1 aliphatic rings. The van der Waals surface area contributed by atoms with E-state index in [2.05, 4.69) is 170 Å². The Labute approximate surface area is 309 Å². The number of benzene rings is 8. The van der Waals surface area contributed by atoms with Crippen molar-refractivity contribution in [1.29, 1.82) is 0 Å². The van der Waals surface area contributed by atoms with Crippen LogP contribution in [0.4, 0.5) is 17.1 Å². The summed E-state index contributed by atoms with van der Waals surface area (Å²) in [5, 5.41) is 2.19. The van der Waals surface area contributed by atoms with Crippen LogP contribution in [0.2, 0.25) is 0 Å². The smallest absolute Gasteiger partial charge is 0.227 e. The molecule has 0 aliphatic heterocycles. The Morgan fingerprint density at radius 3 is 1.89 bits per heavy atom. The van der Waals surface area contributed by atoms with Crippen LogP contribution in [0, 0.1) is 0 Å². The van der Waals surface area contributed by atoms with E-state index >= 15 is 0 Å². The molecule has 0 unspecified atom stereocenters. The Morgan fingerprint density at radius 2 is 1.08 bits per heavy atom. The fraction of sp³-hybridized carbons (Fsp3) is 0.0600. The Bertz CT molecular complexity index is 2800. The SMILES string of the molecule is CC1(C)c2ccccc2-c2cc(N(c3ccc(-c4cccc5c4ccc4nc(-c6ccccc6)oc45)cc3)c3cccc(-c4ccccc4)c3)ccc21. The topological polar surface area (TPSA) is 29.3 Å². The fourth-order valence-electron chi connectivity index (χ4n) is 8.24. The first-order chi connectivity index (χ1) is 26.0. The van der Waals surface area contributed by atoms with Gasteiger partial charge in [0, 0.05) is 33.4 Å². The van der Waals surface area contributed by atoms with Gasteiger partial charge in [-0.05, 0) is 104 Å². The zero-order valence-electron chi connectivity index (χ0n) is 29.6. The number of oxazole rings is 1. The van der Waals surface area contributed by atoms with E-state index in [1.807, 2.05) is 30.3 Å². The van der Waals surface area contributed by atoms with Gasteiger partial charge < -0.3 is 9.32 Å². The molecule has 9 aromatic rings. The Kier molecular flexibility index (Phi) is 7.16. The summed E-state index contributed by atoms with van der Waals surface area (Å²) in [6.07, 6.45) is 0. The van der Waals surface area contributed by atoms with Crippen LogP contribution in [0.15, 0.2) is 186 Å². The van der Waals surface area contributed by atoms with Crippen LogP contribution in [-0.2, 0) is 5.41 Å². The maximum absolute atomic E-state index is 6.40. The standard InChI is InChI=1S/C50H36N2O/c1-50(2)45-22-10-9-19-42(45)44-32-39(27-29-46(44)50)52(38-18-11-17-36(31-38)33-13-5-3-6-14-33)37-25-23-34(24-26-37)40-20-12-21-43-41(40)28-30-47-48(43)53-49(51-47)35-15-7-4-8-16-35/h3-32H,1-2H3. The monoisotopic (exact) mass is 680 g/mol. The second kappa shape index (κ2) is 12.2. The predicted molar refractivity (Wildman–Crippen MR) is 220 cm³/mol. The number of hydrogen-bond donors (Lipinski definition) is 0. The summed E-state index contributed by atoms with van der Waals surface area (Å²) < 4.78 is 6.40. The molecule has 0 N–H and O–H groups in total. The summed E-state index contributed by atoms with van der Waals surface area (Å²) >= 11 is 0. The van der Waals surface area contributed by atoms with E-state index < -0.39 is 0 Å². The molecule has 0 bridgehead atoms. The largest absolute Gasteiger partial charge is 0.435 e. The zero-order valence-corrected chi connectivity index (χ0v) is 29.6. The summed E-state index contributed by atoms with van der Waals surface area (Å²) in [4.78, 5) is 7.20. The number of nitrogens with zero attached hydrogens (tertiary/aromatic N) is 2. The van der Waals surface area contributed by atoms with Gasteiger partial charge in [0.25, 0.3) is 0 Å². The van der Waals surface area contributed by atoms with Crippen molar-refractivity contribution in [2.24, 2.45) is 0 Å². The highest BCUT2D eigenvalue weighted by Crippen LogP contribution is 2.51. The van der Waals surface area contributed by atoms with Gasteiger partial charge >= 0.3 is 0 Å². The highest BCUT2D eigenvalue weighted by Gasteiger charge is 2.35. The first kappa shape index (κ1) is 31.1. The fourth-order valence-corrected chi connectivity index (χ4v) is 8.24. The van der Waals surface area contributed by atoms with Gasteiger partial charge in [0.05, 0.1) is 0 Å². The lowest BCUT2D eigenvalue weighted by Gasteiger charge is -2.28. The predicted octanol–water partition coefficient (Wildman–Crippen LogP) is 13.8. The van der Waals surface area contributed by atoms with Crippen molar-refractivity contribution < 1.29 is 4.42 Å². The van der Waals surface area contributed by atoms with E-state index in [4.69, 9.17) is 9.40 Å². The summed E-state index contributed by atoms with van der Waals surface area (Å²) in [6.45, 7) is 4.67. The van der Waals surface area contributed by atoms with E-state index in [0.717, 1.165) is 55.6 Å². The van der Waals surface area contributed by atoms with Crippen LogP contribution in [0.5, 0.6) is 0 Å². The summed E-state index contributed by atoms with van der Waals surface area (Å²) in [6, 6.07) is 65.0. The highest BCUT2D eigenvalue weighted by molar-refractivity contribution is 6.09. The molecule has 0 amide bonds. The molecule has 53 heavy (non-hydrogen) atoms. The first-order valence-electron chi connectivity index (χ1n) is 18.2. The molecule has 0 saturated carbocycles. The van der Waals surface area contributed by atoms with Crippen LogP contribution in [0.3, 0.4) is 0 Å². The average Bonchev–Trinajstić information content (AvgIpc) is 3.76. The molecule has 8 aromatic carbocycles. The molecule has 3 nitrogen and oxygen atoms in total. The maximum atomic E-state index is 6.40. The first-order valence-corrected chi connectivity index (χ1v) is 18.2. The van der Waals surface area contributed by atoms with E-state index in [1.165, 1.54) is 33.4 Å². The summed E-state index contributed by atoms with van der Waals surface area (Å²) in [5.74, 6) is 0.637. The summed E-state index contributed by atoms with van der Waals surface area (Å²) in [7, 11) is 0. The molecule has 1 aliphatic carbocycles. The molecule has 0 atom stereocenters. The molecule has 0 spiro atoms. The van der Waals surface area contributed by atoms with Gasteiger partial charge in [-0.3, -0.25) is 0 Å². The average molecular weight is 681 g/mol. The van der Waals surface area contributed by atoms with Crippen LogP contribution >= 0.6 is 0 Å². The molecule has 252 valence electrons.